The molecule has 0 bridgehead atoms. The van der Waals surface area contributed by atoms with E-state index in [2.05, 4.69) is 5.32 Å². The van der Waals surface area contributed by atoms with Gasteiger partial charge in [-0.2, -0.15) is 0 Å². The van der Waals surface area contributed by atoms with Gasteiger partial charge in [-0.1, -0.05) is 40.9 Å². The molecule has 2 nitrogen and oxygen atoms in total. The van der Waals surface area contributed by atoms with Gasteiger partial charge in [0, 0.05) is 0 Å². The fourth-order valence-corrected chi connectivity index (χ4v) is 1.73. The van der Waals surface area contributed by atoms with Crippen LogP contribution in [0.2, 0.25) is 5.02 Å². The van der Waals surface area contributed by atoms with Crippen LogP contribution in [0.4, 0.5) is 5.69 Å². The minimum absolute atomic E-state index is 0.479. The van der Waals surface area contributed by atoms with Crippen molar-refractivity contribution < 1.29 is 4.79 Å². The lowest BCUT2D eigenvalue weighted by molar-refractivity contribution is -0.114. The van der Waals surface area contributed by atoms with Crippen molar-refractivity contribution in [2.75, 3.05) is 5.32 Å². The molecule has 0 aliphatic carbocycles. The second-order valence-electron chi connectivity index (χ2n) is 3.23. The summed E-state index contributed by atoms with van der Waals surface area (Å²) >= 11 is 16.8. The molecular weight excluding hydrogens is 256 g/mol. The highest BCUT2D eigenvalue weighted by atomic mass is 35.5. The number of hydrogen-bond acceptors (Lipinski definition) is 1. The van der Waals surface area contributed by atoms with E-state index in [1.807, 2.05) is 19.9 Å². The van der Waals surface area contributed by atoms with Gasteiger partial charge in [-0.05, 0) is 31.0 Å². The van der Waals surface area contributed by atoms with Gasteiger partial charge < -0.3 is 5.32 Å². The molecule has 0 aliphatic rings. The third-order valence-corrected chi connectivity index (χ3v) is 2.57. The van der Waals surface area contributed by atoms with Gasteiger partial charge in [0.2, 0.25) is 0 Å². The number of nitrogens with one attached hydrogen (secondary N) is 1. The number of carbonyl (C=O) groups excluding carboxylic acids is 1. The molecule has 0 fully saturated rings. The fraction of sp³-hybridized carbons (Fsp3) is 0.300. The first-order valence-electron chi connectivity index (χ1n) is 4.27. The van der Waals surface area contributed by atoms with Crippen molar-refractivity contribution in [3.8, 4) is 0 Å². The highest BCUT2D eigenvalue weighted by molar-refractivity contribution is 6.54. The van der Waals surface area contributed by atoms with E-state index in [1.165, 1.54) is 0 Å². The van der Waals surface area contributed by atoms with Gasteiger partial charge in [0.25, 0.3) is 5.91 Å². The molecular formula is C10H10Cl3NO. The van der Waals surface area contributed by atoms with Gasteiger partial charge in [-0.15, -0.1) is 0 Å². The van der Waals surface area contributed by atoms with E-state index in [9.17, 15) is 4.79 Å². The van der Waals surface area contributed by atoms with Crippen molar-refractivity contribution in [2.24, 2.45) is 0 Å². The molecule has 82 valence electrons. The quantitative estimate of drug-likeness (QED) is 0.813. The average Bonchev–Trinajstić information content (AvgIpc) is 2.10. The maximum absolute atomic E-state index is 11.3. The van der Waals surface area contributed by atoms with Gasteiger partial charge in [0.05, 0.1) is 10.7 Å². The summed E-state index contributed by atoms with van der Waals surface area (Å²) in [6.07, 6.45) is 0. The summed E-state index contributed by atoms with van der Waals surface area (Å²) in [5.41, 5.74) is 2.46. The highest BCUT2D eigenvalue weighted by Gasteiger charge is 2.14. The number of benzene rings is 1. The van der Waals surface area contributed by atoms with E-state index < -0.39 is 10.7 Å². The SMILES string of the molecule is Cc1cc(C)c(NC(=O)C(Cl)Cl)c(Cl)c1. The number of alkyl halides is 2. The summed E-state index contributed by atoms with van der Waals surface area (Å²) in [6.45, 7) is 3.78. The number of amides is 1. The second-order valence-corrected chi connectivity index (χ2v) is 4.73. The zero-order valence-electron chi connectivity index (χ0n) is 8.27. The van der Waals surface area contributed by atoms with Crippen LogP contribution in [-0.4, -0.2) is 10.7 Å². The van der Waals surface area contributed by atoms with Gasteiger partial charge >= 0.3 is 0 Å². The predicted molar refractivity (Wildman–Crippen MR) is 65.0 cm³/mol. The first-order chi connectivity index (χ1) is 6.91. The third kappa shape index (κ3) is 3.26. The van der Waals surface area contributed by atoms with Crippen molar-refractivity contribution in [1.82, 2.24) is 0 Å². The molecule has 0 atom stereocenters. The highest BCUT2D eigenvalue weighted by Crippen LogP contribution is 2.27. The van der Waals surface area contributed by atoms with Gasteiger partial charge in [0.15, 0.2) is 4.84 Å². The zero-order valence-corrected chi connectivity index (χ0v) is 10.5. The van der Waals surface area contributed by atoms with Crippen LogP contribution < -0.4 is 5.32 Å². The number of carbonyl (C=O) groups is 1. The number of halogens is 3. The van der Waals surface area contributed by atoms with Gasteiger partial charge in [-0.25, -0.2) is 0 Å². The third-order valence-electron chi connectivity index (χ3n) is 1.88. The lowest BCUT2D eigenvalue weighted by Gasteiger charge is -2.11. The molecule has 0 heterocycles. The van der Waals surface area contributed by atoms with Crippen molar-refractivity contribution in [1.29, 1.82) is 0 Å². The zero-order chi connectivity index (χ0) is 11.6. The topological polar surface area (TPSA) is 29.1 Å². The van der Waals surface area contributed by atoms with E-state index in [0.29, 0.717) is 10.7 Å². The smallest absolute Gasteiger partial charge is 0.257 e. The molecule has 1 aromatic rings. The molecule has 15 heavy (non-hydrogen) atoms. The molecule has 0 aromatic heterocycles. The molecule has 0 saturated heterocycles. The maximum atomic E-state index is 11.3. The van der Waals surface area contributed by atoms with E-state index in [1.54, 1.807) is 6.07 Å². The lowest BCUT2D eigenvalue weighted by atomic mass is 10.1. The van der Waals surface area contributed by atoms with Crippen LogP contribution in [0.25, 0.3) is 0 Å². The largest absolute Gasteiger partial charge is 0.322 e. The molecule has 1 N–H and O–H groups in total. The van der Waals surface area contributed by atoms with Crippen LogP contribution in [0.1, 0.15) is 11.1 Å². The van der Waals surface area contributed by atoms with Crippen LogP contribution in [0, 0.1) is 13.8 Å². The Morgan fingerprint density at radius 3 is 2.40 bits per heavy atom. The summed E-state index contributed by atoms with van der Waals surface area (Å²) in [4.78, 5) is 10.2. The molecule has 0 unspecified atom stereocenters. The van der Waals surface area contributed by atoms with Gasteiger partial charge in [-0.3, -0.25) is 4.79 Å². The van der Waals surface area contributed by atoms with Crippen molar-refractivity contribution in [2.45, 2.75) is 18.7 Å². The maximum Gasteiger partial charge on any atom is 0.257 e. The Morgan fingerprint density at radius 1 is 1.33 bits per heavy atom. The van der Waals surface area contributed by atoms with E-state index in [0.717, 1.165) is 11.1 Å². The normalized spacial score (nSPS) is 10.5. The first kappa shape index (κ1) is 12.6. The molecule has 0 saturated carbocycles. The van der Waals surface area contributed by atoms with Crippen LogP contribution >= 0.6 is 34.8 Å². The molecule has 1 aromatic carbocycles. The first-order valence-corrected chi connectivity index (χ1v) is 5.52. The van der Waals surface area contributed by atoms with E-state index in [4.69, 9.17) is 34.8 Å². The van der Waals surface area contributed by atoms with Crippen molar-refractivity contribution >= 4 is 46.4 Å². The Bertz CT molecular complexity index is 367. The monoisotopic (exact) mass is 265 g/mol. The Balaban J connectivity index is 3.00. The number of hydrogen-bond donors (Lipinski definition) is 1. The number of rotatable bonds is 2. The summed E-state index contributed by atoms with van der Waals surface area (Å²) < 4.78 is 0. The minimum atomic E-state index is -1.10. The van der Waals surface area contributed by atoms with Gasteiger partial charge in [0.1, 0.15) is 0 Å². The minimum Gasteiger partial charge on any atom is -0.322 e. The van der Waals surface area contributed by atoms with Crippen LogP contribution in [-0.2, 0) is 4.79 Å². The Morgan fingerprint density at radius 2 is 1.93 bits per heavy atom. The summed E-state index contributed by atoms with van der Waals surface area (Å²) in [5, 5.41) is 3.05. The van der Waals surface area contributed by atoms with Crippen molar-refractivity contribution in [3.63, 3.8) is 0 Å². The number of anilines is 1. The van der Waals surface area contributed by atoms with Crippen molar-refractivity contribution in [3.05, 3.63) is 28.3 Å². The van der Waals surface area contributed by atoms with Crippen LogP contribution in [0.15, 0.2) is 12.1 Å². The lowest BCUT2D eigenvalue weighted by Crippen LogP contribution is -2.19. The van der Waals surface area contributed by atoms with Crippen LogP contribution in [0.3, 0.4) is 0 Å². The Labute approximate surface area is 104 Å². The molecule has 0 spiro atoms. The van der Waals surface area contributed by atoms with E-state index >= 15 is 0 Å². The van der Waals surface area contributed by atoms with E-state index in [-0.39, 0.29) is 0 Å². The fourth-order valence-electron chi connectivity index (χ4n) is 1.25. The summed E-state index contributed by atoms with van der Waals surface area (Å²) in [5.74, 6) is -0.479. The second kappa shape index (κ2) is 5.06. The summed E-state index contributed by atoms with van der Waals surface area (Å²) in [7, 11) is 0. The Kier molecular flexibility index (Phi) is 4.26. The molecule has 0 aliphatic heterocycles. The molecule has 5 heteroatoms. The molecule has 0 radical (unpaired) electrons. The standard InChI is InChI=1S/C10H10Cl3NO/c1-5-3-6(2)8(7(11)4-5)14-10(15)9(12)13/h3-4,9H,1-2H3,(H,14,15). The average molecular weight is 267 g/mol. The summed E-state index contributed by atoms with van der Waals surface area (Å²) in [6, 6.07) is 3.68. The number of aryl methyl sites for hydroxylation is 2. The molecule has 1 rings (SSSR count). The predicted octanol–water partition coefficient (Wildman–Crippen LogP) is 3.70. The van der Waals surface area contributed by atoms with Crippen LogP contribution in [0.5, 0.6) is 0 Å². The molecule has 1 amide bonds. The Hall–Kier alpha value is -0.440.